The highest BCUT2D eigenvalue weighted by Crippen LogP contribution is 2.23. The molecule has 0 fully saturated rings. The molecule has 0 saturated heterocycles. The second-order valence-corrected chi connectivity index (χ2v) is 7.36. The van der Waals surface area contributed by atoms with E-state index in [2.05, 4.69) is 4.99 Å². The number of hydrogen-bond donors (Lipinski definition) is 0. The summed E-state index contributed by atoms with van der Waals surface area (Å²) < 4.78 is 22.2. The first-order chi connectivity index (χ1) is 11.1. The average molecular weight is 371 g/mol. The lowest BCUT2D eigenvalue weighted by Gasteiger charge is -2.04. The van der Waals surface area contributed by atoms with Crippen molar-refractivity contribution in [3.05, 3.63) is 50.2 Å². The Morgan fingerprint density at radius 2 is 2.17 bits per heavy atom. The number of thiazole rings is 1. The van der Waals surface area contributed by atoms with Crippen LogP contribution in [-0.2, 0) is 11.3 Å². The fraction of sp³-hybridized carbons (Fsp3) is 0.200. The molecule has 0 atom stereocenters. The summed E-state index contributed by atoms with van der Waals surface area (Å²) in [4.78, 5) is 17.3. The number of hydrogen-bond acceptors (Lipinski definition) is 4. The summed E-state index contributed by atoms with van der Waals surface area (Å²) in [6, 6.07) is 8.12. The van der Waals surface area contributed by atoms with Crippen molar-refractivity contribution in [3.63, 3.8) is 0 Å². The van der Waals surface area contributed by atoms with Gasteiger partial charge < -0.3 is 9.30 Å². The van der Waals surface area contributed by atoms with Gasteiger partial charge in [0.25, 0.3) is 5.91 Å². The zero-order chi connectivity index (χ0) is 16.4. The number of rotatable bonds is 4. The number of ether oxygens (including phenoxy) is 1. The van der Waals surface area contributed by atoms with E-state index in [4.69, 9.17) is 16.3 Å². The molecule has 2 aromatic heterocycles. The highest BCUT2D eigenvalue weighted by atomic mass is 35.5. The van der Waals surface area contributed by atoms with Gasteiger partial charge in [0.1, 0.15) is 5.82 Å². The Balaban J connectivity index is 2.14. The summed E-state index contributed by atoms with van der Waals surface area (Å²) in [5.41, 5.74) is 0.435. The maximum Gasteiger partial charge on any atom is 0.289 e. The molecule has 1 aromatic carbocycles. The normalized spacial score (nSPS) is 12.2. The van der Waals surface area contributed by atoms with E-state index in [1.54, 1.807) is 35.9 Å². The number of carbonyl (C=O) groups is 1. The standard InChI is InChI=1S/C15H12ClFN2O2S2/c1-21-8-7-19-13-9(17)3-2-4-10(13)23-15(19)18-14(20)11-5-6-12(16)22-11/h2-6H,7-8H2,1H3. The highest BCUT2D eigenvalue weighted by Gasteiger charge is 2.13. The van der Waals surface area contributed by atoms with E-state index < -0.39 is 0 Å². The monoisotopic (exact) mass is 370 g/mol. The second kappa shape index (κ2) is 6.92. The number of fused-ring (bicyclic) bond motifs is 1. The van der Waals surface area contributed by atoms with Gasteiger partial charge in [0, 0.05) is 13.7 Å². The smallest absolute Gasteiger partial charge is 0.289 e. The summed E-state index contributed by atoms with van der Waals surface area (Å²) >= 11 is 8.29. The quantitative estimate of drug-likeness (QED) is 0.698. The molecule has 0 saturated carbocycles. The number of para-hydroxylation sites is 1. The molecular weight excluding hydrogens is 359 g/mol. The summed E-state index contributed by atoms with van der Waals surface area (Å²) in [6.07, 6.45) is 0. The Morgan fingerprint density at radius 1 is 1.35 bits per heavy atom. The van der Waals surface area contributed by atoms with Gasteiger partial charge in [-0.25, -0.2) is 4.39 Å². The lowest BCUT2D eigenvalue weighted by Crippen LogP contribution is -2.19. The first-order valence-corrected chi connectivity index (χ1v) is 8.72. The molecule has 2 heterocycles. The van der Waals surface area contributed by atoms with E-state index in [1.807, 2.05) is 0 Å². The number of nitrogens with zero attached hydrogens (tertiary/aromatic N) is 2. The Kier molecular flexibility index (Phi) is 4.91. The maximum atomic E-state index is 14.2. The predicted octanol–water partition coefficient (Wildman–Crippen LogP) is 3.94. The number of amides is 1. The van der Waals surface area contributed by atoms with E-state index in [0.717, 1.165) is 4.70 Å². The number of carbonyl (C=O) groups excluding carboxylic acids is 1. The minimum absolute atomic E-state index is 0.345. The molecule has 0 bridgehead atoms. The molecule has 1 amide bonds. The fourth-order valence-electron chi connectivity index (χ4n) is 2.13. The van der Waals surface area contributed by atoms with E-state index in [-0.39, 0.29) is 11.7 Å². The zero-order valence-corrected chi connectivity index (χ0v) is 14.5. The van der Waals surface area contributed by atoms with Crippen molar-refractivity contribution in [2.24, 2.45) is 4.99 Å². The molecular formula is C15H12ClFN2O2S2. The van der Waals surface area contributed by atoms with Crippen molar-refractivity contribution in [2.45, 2.75) is 6.54 Å². The molecule has 0 unspecified atom stereocenters. The van der Waals surface area contributed by atoms with E-state index in [1.165, 1.54) is 28.7 Å². The Bertz CT molecular complexity index is 929. The van der Waals surface area contributed by atoms with Crippen molar-refractivity contribution in [2.75, 3.05) is 13.7 Å². The predicted molar refractivity (Wildman–Crippen MR) is 90.9 cm³/mol. The van der Waals surface area contributed by atoms with Gasteiger partial charge in [0.15, 0.2) is 4.80 Å². The van der Waals surface area contributed by atoms with Gasteiger partial charge in [-0.3, -0.25) is 4.79 Å². The van der Waals surface area contributed by atoms with Crippen molar-refractivity contribution in [1.29, 1.82) is 0 Å². The van der Waals surface area contributed by atoms with Crippen LogP contribution in [0.5, 0.6) is 0 Å². The van der Waals surface area contributed by atoms with Crippen LogP contribution >= 0.6 is 34.3 Å². The number of halogens is 2. The number of aromatic nitrogens is 1. The van der Waals surface area contributed by atoms with Crippen LogP contribution in [0, 0.1) is 5.82 Å². The Hall–Kier alpha value is -1.54. The third kappa shape index (κ3) is 3.37. The van der Waals surface area contributed by atoms with Crippen LogP contribution in [0.25, 0.3) is 10.2 Å². The molecule has 0 radical (unpaired) electrons. The lowest BCUT2D eigenvalue weighted by atomic mass is 10.3. The SMILES string of the molecule is COCCn1c(=NC(=O)c2ccc(Cl)s2)sc2cccc(F)c21. The van der Waals surface area contributed by atoms with Crippen LogP contribution in [0.15, 0.2) is 35.3 Å². The maximum absolute atomic E-state index is 14.2. The molecule has 3 aromatic rings. The van der Waals surface area contributed by atoms with Crippen molar-refractivity contribution < 1.29 is 13.9 Å². The van der Waals surface area contributed by atoms with Crippen molar-refractivity contribution in [1.82, 2.24) is 4.57 Å². The minimum atomic E-state index is -0.389. The third-order valence-electron chi connectivity index (χ3n) is 3.15. The molecule has 0 aliphatic rings. The summed E-state index contributed by atoms with van der Waals surface area (Å²) in [6.45, 7) is 0.807. The van der Waals surface area contributed by atoms with E-state index in [9.17, 15) is 9.18 Å². The minimum Gasteiger partial charge on any atom is -0.383 e. The highest BCUT2D eigenvalue weighted by molar-refractivity contribution is 7.18. The molecule has 0 aliphatic heterocycles. The first kappa shape index (κ1) is 16.3. The Labute approximate surface area is 144 Å². The Morgan fingerprint density at radius 3 is 2.87 bits per heavy atom. The largest absolute Gasteiger partial charge is 0.383 e. The van der Waals surface area contributed by atoms with Gasteiger partial charge in [0.05, 0.1) is 26.0 Å². The molecule has 8 heteroatoms. The molecule has 3 rings (SSSR count). The second-order valence-electron chi connectivity index (χ2n) is 4.64. The van der Waals surface area contributed by atoms with Crippen molar-refractivity contribution in [3.8, 4) is 0 Å². The molecule has 4 nitrogen and oxygen atoms in total. The zero-order valence-electron chi connectivity index (χ0n) is 12.1. The van der Waals surface area contributed by atoms with Gasteiger partial charge in [-0.1, -0.05) is 29.0 Å². The summed E-state index contributed by atoms with van der Waals surface area (Å²) in [5.74, 6) is -0.733. The van der Waals surface area contributed by atoms with Gasteiger partial charge >= 0.3 is 0 Å². The number of methoxy groups -OCH3 is 1. The molecule has 23 heavy (non-hydrogen) atoms. The van der Waals surface area contributed by atoms with Crippen LogP contribution in [0.1, 0.15) is 9.67 Å². The number of thiophene rings is 1. The van der Waals surface area contributed by atoms with Gasteiger partial charge in [-0.05, 0) is 24.3 Å². The van der Waals surface area contributed by atoms with Gasteiger partial charge in [-0.2, -0.15) is 4.99 Å². The van der Waals surface area contributed by atoms with Crippen LogP contribution in [0.2, 0.25) is 4.34 Å². The van der Waals surface area contributed by atoms with Crippen LogP contribution in [-0.4, -0.2) is 24.2 Å². The van der Waals surface area contributed by atoms with Crippen molar-refractivity contribution >= 4 is 50.4 Å². The topological polar surface area (TPSA) is 43.6 Å². The van der Waals surface area contributed by atoms with E-state index in [0.29, 0.717) is 32.7 Å². The van der Waals surface area contributed by atoms with Gasteiger partial charge in [0.2, 0.25) is 0 Å². The molecule has 0 spiro atoms. The molecule has 120 valence electrons. The number of benzene rings is 1. The first-order valence-electron chi connectivity index (χ1n) is 6.71. The van der Waals surface area contributed by atoms with Crippen LogP contribution < -0.4 is 4.80 Å². The fourth-order valence-corrected chi connectivity index (χ4v) is 4.13. The van der Waals surface area contributed by atoms with Crippen LogP contribution in [0.3, 0.4) is 0 Å². The van der Waals surface area contributed by atoms with Crippen LogP contribution in [0.4, 0.5) is 4.39 Å². The molecule has 0 aliphatic carbocycles. The average Bonchev–Trinajstić information content (AvgIpc) is 3.10. The summed E-state index contributed by atoms with van der Waals surface area (Å²) in [5, 5.41) is 0. The molecule has 0 N–H and O–H groups in total. The third-order valence-corrected chi connectivity index (χ3v) is 5.41. The van der Waals surface area contributed by atoms with E-state index >= 15 is 0 Å². The van der Waals surface area contributed by atoms with Gasteiger partial charge in [-0.15, -0.1) is 11.3 Å². The lowest BCUT2D eigenvalue weighted by molar-refractivity contribution is 0.100. The summed E-state index contributed by atoms with van der Waals surface area (Å²) in [7, 11) is 1.57.